The molecule has 1 aliphatic rings. The van der Waals surface area contributed by atoms with Crippen molar-refractivity contribution >= 4 is 11.7 Å². The van der Waals surface area contributed by atoms with Crippen molar-refractivity contribution < 1.29 is 9.90 Å². The molecule has 0 bridgehead atoms. The second kappa shape index (κ2) is 9.15. The highest BCUT2D eigenvalue weighted by molar-refractivity contribution is 5.93. The highest BCUT2D eigenvalue weighted by atomic mass is 16.4. The molecule has 1 aromatic heterocycles. The van der Waals surface area contributed by atoms with Gasteiger partial charge in [0.05, 0.1) is 17.4 Å². The van der Waals surface area contributed by atoms with Gasteiger partial charge in [0.1, 0.15) is 0 Å². The number of fused-ring (bicyclic) bond motifs is 1. The third-order valence-corrected chi connectivity index (χ3v) is 4.87. The SMILES string of the molecule is CNc1cnccc1C(=O)O.Cc1ccccc1-c1ccc2c(c1)CCNC2. The van der Waals surface area contributed by atoms with Crippen LogP contribution in [0.2, 0.25) is 0 Å². The van der Waals surface area contributed by atoms with E-state index in [0.717, 1.165) is 19.5 Å². The summed E-state index contributed by atoms with van der Waals surface area (Å²) < 4.78 is 0. The summed E-state index contributed by atoms with van der Waals surface area (Å²) in [6.07, 6.45) is 4.07. The molecule has 0 unspecified atom stereocenters. The number of aryl methyl sites for hydroxylation is 1. The summed E-state index contributed by atoms with van der Waals surface area (Å²) >= 11 is 0. The van der Waals surface area contributed by atoms with Gasteiger partial charge in [-0.3, -0.25) is 4.98 Å². The van der Waals surface area contributed by atoms with Gasteiger partial charge in [0.2, 0.25) is 0 Å². The van der Waals surface area contributed by atoms with Crippen molar-refractivity contribution in [3.05, 3.63) is 83.2 Å². The minimum Gasteiger partial charge on any atom is -0.478 e. The lowest BCUT2D eigenvalue weighted by Gasteiger charge is -2.18. The molecular formula is C23H25N3O2. The number of anilines is 1. The zero-order chi connectivity index (χ0) is 19.9. The molecular weight excluding hydrogens is 350 g/mol. The van der Waals surface area contributed by atoms with E-state index >= 15 is 0 Å². The number of pyridine rings is 1. The quantitative estimate of drug-likeness (QED) is 0.642. The number of nitrogens with zero attached hydrogens (tertiary/aromatic N) is 1. The van der Waals surface area contributed by atoms with E-state index in [2.05, 4.69) is 65.0 Å². The molecule has 2 aromatic carbocycles. The van der Waals surface area contributed by atoms with E-state index in [4.69, 9.17) is 5.11 Å². The molecule has 3 aromatic rings. The van der Waals surface area contributed by atoms with Gasteiger partial charge in [0.25, 0.3) is 0 Å². The molecule has 0 spiro atoms. The summed E-state index contributed by atoms with van der Waals surface area (Å²) in [7, 11) is 1.66. The molecule has 0 fully saturated rings. The maximum absolute atomic E-state index is 10.5. The average molecular weight is 375 g/mol. The monoisotopic (exact) mass is 375 g/mol. The van der Waals surface area contributed by atoms with Crippen molar-refractivity contribution in [2.75, 3.05) is 18.9 Å². The van der Waals surface area contributed by atoms with Crippen LogP contribution in [0.3, 0.4) is 0 Å². The van der Waals surface area contributed by atoms with E-state index in [1.54, 1.807) is 7.05 Å². The summed E-state index contributed by atoms with van der Waals surface area (Å²) in [5.41, 5.74) is 7.78. The summed E-state index contributed by atoms with van der Waals surface area (Å²) in [5.74, 6) is -0.947. The van der Waals surface area contributed by atoms with E-state index in [-0.39, 0.29) is 5.56 Å². The molecule has 0 amide bonds. The average Bonchev–Trinajstić information content (AvgIpc) is 2.74. The molecule has 5 heteroatoms. The summed E-state index contributed by atoms with van der Waals surface area (Å²) in [5, 5.41) is 14.8. The van der Waals surface area contributed by atoms with E-state index in [1.165, 1.54) is 46.3 Å². The Morgan fingerprint density at radius 1 is 1.14 bits per heavy atom. The molecule has 4 rings (SSSR count). The van der Waals surface area contributed by atoms with E-state index in [9.17, 15) is 4.79 Å². The molecule has 0 radical (unpaired) electrons. The van der Waals surface area contributed by atoms with Gasteiger partial charge in [-0.05, 0) is 53.8 Å². The molecule has 28 heavy (non-hydrogen) atoms. The Morgan fingerprint density at radius 3 is 2.68 bits per heavy atom. The van der Waals surface area contributed by atoms with Crippen molar-refractivity contribution in [1.29, 1.82) is 0 Å². The van der Waals surface area contributed by atoms with Gasteiger partial charge in [-0.25, -0.2) is 4.79 Å². The Hall–Kier alpha value is -3.18. The van der Waals surface area contributed by atoms with Crippen LogP contribution in [0.15, 0.2) is 60.9 Å². The number of rotatable bonds is 3. The van der Waals surface area contributed by atoms with Crippen LogP contribution in [-0.4, -0.2) is 29.7 Å². The van der Waals surface area contributed by atoms with Crippen LogP contribution in [0.4, 0.5) is 5.69 Å². The number of benzene rings is 2. The zero-order valence-corrected chi connectivity index (χ0v) is 16.2. The zero-order valence-electron chi connectivity index (χ0n) is 16.2. The molecule has 2 heterocycles. The first-order valence-corrected chi connectivity index (χ1v) is 9.33. The lowest BCUT2D eigenvalue weighted by molar-refractivity contribution is 0.0698. The Bertz CT molecular complexity index is 970. The molecule has 0 atom stereocenters. The summed E-state index contributed by atoms with van der Waals surface area (Å²) in [4.78, 5) is 14.3. The molecule has 5 nitrogen and oxygen atoms in total. The smallest absolute Gasteiger partial charge is 0.337 e. The van der Waals surface area contributed by atoms with Crippen LogP contribution in [0.5, 0.6) is 0 Å². The number of hydrogen-bond donors (Lipinski definition) is 3. The van der Waals surface area contributed by atoms with Gasteiger partial charge < -0.3 is 15.7 Å². The normalized spacial score (nSPS) is 12.4. The maximum Gasteiger partial charge on any atom is 0.337 e. The Morgan fingerprint density at radius 2 is 1.96 bits per heavy atom. The predicted octanol–water partition coefficient (Wildman–Crippen LogP) is 4.13. The highest BCUT2D eigenvalue weighted by Crippen LogP contribution is 2.26. The summed E-state index contributed by atoms with van der Waals surface area (Å²) in [6.45, 7) is 4.30. The number of hydrogen-bond acceptors (Lipinski definition) is 4. The minimum atomic E-state index is -0.947. The predicted molar refractivity (Wildman–Crippen MR) is 113 cm³/mol. The molecule has 0 aliphatic carbocycles. The van der Waals surface area contributed by atoms with Crippen molar-refractivity contribution in [3.63, 3.8) is 0 Å². The molecule has 0 saturated carbocycles. The number of aromatic carboxylic acids is 1. The fraction of sp³-hybridized carbons (Fsp3) is 0.217. The van der Waals surface area contributed by atoms with Crippen LogP contribution in [0.25, 0.3) is 11.1 Å². The Kier molecular flexibility index (Phi) is 6.40. The highest BCUT2D eigenvalue weighted by Gasteiger charge is 2.10. The lowest BCUT2D eigenvalue weighted by Crippen LogP contribution is -2.23. The van der Waals surface area contributed by atoms with Crippen LogP contribution in [-0.2, 0) is 13.0 Å². The van der Waals surface area contributed by atoms with Gasteiger partial charge in [-0.2, -0.15) is 0 Å². The largest absolute Gasteiger partial charge is 0.478 e. The van der Waals surface area contributed by atoms with Crippen molar-refractivity contribution in [1.82, 2.24) is 10.3 Å². The van der Waals surface area contributed by atoms with E-state index < -0.39 is 5.97 Å². The lowest BCUT2D eigenvalue weighted by atomic mass is 9.94. The molecule has 3 N–H and O–H groups in total. The first kappa shape index (κ1) is 19.6. The number of carboxylic acid groups (broad SMARTS) is 1. The topological polar surface area (TPSA) is 74.2 Å². The molecule has 144 valence electrons. The first-order chi connectivity index (χ1) is 13.6. The summed E-state index contributed by atoms with van der Waals surface area (Å²) in [6, 6.07) is 16.9. The third kappa shape index (κ3) is 4.56. The van der Waals surface area contributed by atoms with Crippen molar-refractivity contribution in [2.45, 2.75) is 19.9 Å². The number of nitrogens with one attached hydrogen (secondary N) is 2. The standard InChI is InChI=1S/C16H17N.C7H8N2O2/c1-12-4-2-3-5-16(12)14-6-7-15-11-17-9-8-13(15)10-14;1-8-6-4-9-3-2-5(6)7(10)11/h2-7,10,17H,8-9,11H2,1H3;2-4,8H,1H3,(H,10,11). The van der Waals surface area contributed by atoms with Crippen LogP contribution >= 0.6 is 0 Å². The van der Waals surface area contributed by atoms with Gasteiger partial charge in [0.15, 0.2) is 0 Å². The minimum absolute atomic E-state index is 0.238. The van der Waals surface area contributed by atoms with Gasteiger partial charge in [0, 0.05) is 19.8 Å². The van der Waals surface area contributed by atoms with E-state index in [1.807, 2.05) is 0 Å². The Labute approximate surface area is 165 Å². The molecule has 0 saturated heterocycles. The second-order valence-corrected chi connectivity index (χ2v) is 6.70. The van der Waals surface area contributed by atoms with Gasteiger partial charge in [-0.1, -0.05) is 42.5 Å². The fourth-order valence-electron chi connectivity index (χ4n) is 3.32. The number of carboxylic acids is 1. The van der Waals surface area contributed by atoms with Crippen LogP contribution < -0.4 is 10.6 Å². The first-order valence-electron chi connectivity index (χ1n) is 9.33. The third-order valence-electron chi connectivity index (χ3n) is 4.87. The second-order valence-electron chi connectivity index (χ2n) is 6.70. The number of carbonyl (C=O) groups is 1. The number of aromatic nitrogens is 1. The van der Waals surface area contributed by atoms with Gasteiger partial charge in [-0.15, -0.1) is 0 Å². The molecule has 1 aliphatic heterocycles. The van der Waals surface area contributed by atoms with Crippen LogP contribution in [0, 0.1) is 6.92 Å². The Balaban J connectivity index is 0.000000178. The van der Waals surface area contributed by atoms with Crippen molar-refractivity contribution in [3.8, 4) is 11.1 Å². The maximum atomic E-state index is 10.5. The fourth-order valence-corrected chi connectivity index (χ4v) is 3.32. The van der Waals surface area contributed by atoms with Crippen LogP contribution in [0.1, 0.15) is 27.0 Å². The van der Waals surface area contributed by atoms with Gasteiger partial charge >= 0.3 is 5.97 Å². The van der Waals surface area contributed by atoms with E-state index in [0.29, 0.717) is 5.69 Å². The van der Waals surface area contributed by atoms with Crippen molar-refractivity contribution in [2.24, 2.45) is 0 Å².